The SMILES string of the molecule is Nc1ccc(C(N)(P(=O)(O)O)P(=O)(O)O)cc1.O=P(O)(O)C(c1ccc(Cl)cc1)P(=O)(O)O. The Bertz CT molecular complexity index is 1110. The van der Waals surface area contributed by atoms with Crippen molar-refractivity contribution in [2.24, 2.45) is 5.73 Å². The molecule has 12 N–H and O–H groups in total. The van der Waals surface area contributed by atoms with Crippen LogP contribution in [0.5, 0.6) is 0 Å². The molecule has 2 aromatic rings. The van der Waals surface area contributed by atoms with Crippen LogP contribution in [0.1, 0.15) is 16.5 Å². The van der Waals surface area contributed by atoms with E-state index >= 15 is 0 Å². The van der Waals surface area contributed by atoms with Crippen molar-refractivity contribution in [2.45, 2.75) is 10.4 Å². The summed E-state index contributed by atoms with van der Waals surface area (Å²) in [6, 6.07) is 9.55. The number of hydrogen-bond acceptors (Lipinski definition) is 6. The van der Waals surface area contributed by atoms with Crippen LogP contribution in [0.2, 0.25) is 5.02 Å². The first-order chi connectivity index (χ1) is 14.6. The molecule has 0 fully saturated rings. The monoisotopic (exact) mass is 568 g/mol. The van der Waals surface area contributed by atoms with E-state index < -0.39 is 40.8 Å². The molecule has 0 unspecified atom stereocenters. The van der Waals surface area contributed by atoms with Gasteiger partial charge in [0.15, 0.2) is 5.40 Å². The fourth-order valence-electron chi connectivity index (χ4n) is 2.45. The summed E-state index contributed by atoms with van der Waals surface area (Å²) in [6.07, 6.45) is 0. The summed E-state index contributed by atoms with van der Waals surface area (Å²) in [5.41, 5.74) is 10.4. The lowest BCUT2D eigenvalue weighted by Gasteiger charge is -2.30. The molecule has 33 heavy (non-hydrogen) atoms. The minimum Gasteiger partial charge on any atom is -0.399 e. The van der Waals surface area contributed by atoms with E-state index in [-0.39, 0.29) is 16.8 Å². The molecule has 0 amide bonds. The third-order valence-electron chi connectivity index (χ3n) is 4.03. The van der Waals surface area contributed by atoms with E-state index in [0.717, 1.165) is 12.1 Å². The molecule has 2 aromatic carbocycles. The standard InChI is InChI=1S/C7H9ClO6P2.C7H12N2O6P2/c8-6-3-1-5(2-4-6)7(15(9,10)11)16(12,13)14;8-6-3-1-5(2-4-6)7(9,16(10,11)12)17(13,14)15/h1-4,7H,(H2,9,10,11)(H2,12,13,14);1-4H,8-9H2,(H2,10,11,12)(H2,13,14,15). The van der Waals surface area contributed by atoms with Crippen LogP contribution < -0.4 is 11.5 Å². The van der Waals surface area contributed by atoms with E-state index in [2.05, 4.69) is 0 Å². The molecule has 0 aliphatic rings. The summed E-state index contributed by atoms with van der Waals surface area (Å²) in [5.74, 6) is 0. The number of anilines is 1. The molecule has 0 spiro atoms. The molecule has 2 rings (SSSR count). The van der Waals surface area contributed by atoms with Crippen LogP contribution in [0, 0.1) is 0 Å². The van der Waals surface area contributed by atoms with Gasteiger partial charge in [-0.05, 0) is 35.4 Å². The quantitative estimate of drug-likeness (QED) is 0.174. The Balaban J connectivity index is 0.000000331. The molecular formula is C14H21ClN2O12P4. The number of nitrogen functional groups attached to an aromatic ring is 1. The zero-order valence-corrected chi connectivity index (χ0v) is 20.6. The van der Waals surface area contributed by atoms with E-state index in [4.69, 9.17) is 62.2 Å². The topological polar surface area (TPSA) is 282 Å². The average Bonchev–Trinajstić information content (AvgIpc) is 2.60. The minimum absolute atomic E-state index is 0.147. The van der Waals surface area contributed by atoms with Crippen LogP contribution in [0.4, 0.5) is 5.69 Å². The summed E-state index contributed by atoms with van der Waals surface area (Å²) in [7, 11) is -20.4. The second-order valence-corrected chi connectivity index (χ2v) is 14.7. The molecule has 0 aliphatic heterocycles. The molecule has 0 saturated heterocycles. The van der Waals surface area contributed by atoms with Gasteiger partial charge in [0, 0.05) is 10.7 Å². The van der Waals surface area contributed by atoms with Crippen molar-refractivity contribution in [3.63, 3.8) is 0 Å². The van der Waals surface area contributed by atoms with Gasteiger partial charge in [-0.25, -0.2) is 0 Å². The fourth-order valence-corrected chi connectivity index (χ4v) is 7.60. The Hall–Kier alpha value is -0.910. The van der Waals surface area contributed by atoms with Crippen LogP contribution in [0.15, 0.2) is 48.5 Å². The van der Waals surface area contributed by atoms with Gasteiger partial charge < -0.3 is 50.6 Å². The van der Waals surface area contributed by atoms with E-state index in [0.29, 0.717) is 5.02 Å². The van der Waals surface area contributed by atoms with Gasteiger partial charge in [-0.2, -0.15) is 0 Å². The van der Waals surface area contributed by atoms with E-state index in [1.54, 1.807) is 0 Å². The Morgan fingerprint density at radius 3 is 1.36 bits per heavy atom. The molecule has 0 atom stereocenters. The maximum absolute atomic E-state index is 11.2. The van der Waals surface area contributed by atoms with E-state index in [9.17, 15) is 18.3 Å². The Morgan fingerprint density at radius 1 is 0.697 bits per heavy atom. The second kappa shape index (κ2) is 10.4. The first kappa shape index (κ1) is 30.1. The van der Waals surface area contributed by atoms with Crippen molar-refractivity contribution in [2.75, 3.05) is 5.73 Å². The van der Waals surface area contributed by atoms with E-state index in [1.807, 2.05) is 0 Å². The molecule has 0 aromatic heterocycles. The molecule has 0 radical (unpaired) electrons. The molecule has 19 heteroatoms. The zero-order valence-electron chi connectivity index (χ0n) is 16.2. The summed E-state index contributed by atoms with van der Waals surface area (Å²) in [6.45, 7) is 0. The number of hydrogen-bond donors (Lipinski definition) is 10. The highest BCUT2D eigenvalue weighted by molar-refractivity contribution is 7.71. The van der Waals surface area contributed by atoms with Gasteiger partial charge >= 0.3 is 30.4 Å². The van der Waals surface area contributed by atoms with Crippen LogP contribution in [-0.4, -0.2) is 39.1 Å². The van der Waals surface area contributed by atoms with Crippen molar-refractivity contribution >= 4 is 47.7 Å². The van der Waals surface area contributed by atoms with Crippen molar-refractivity contribution < 1.29 is 57.4 Å². The van der Waals surface area contributed by atoms with Gasteiger partial charge in [0.1, 0.15) is 0 Å². The van der Waals surface area contributed by atoms with Crippen molar-refractivity contribution in [1.82, 2.24) is 0 Å². The lowest BCUT2D eigenvalue weighted by Crippen LogP contribution is -2.36. The fraction of sp³-hybridized carbons (Fsp3) is 0.143. The summed E-state index contributed by atoms with van der Waals surface area (Å²) in [5, 5.41) is -4.90. The zero-order chi connectivity index (χ0) is 26.0. The Kier molecular flexibility index (Phi) is 9.47. The number of benzene rings is 2. The maximum atomic E-state index is 11.2. The molecule has 0 heterocycles. The Labute approximate surface area is 191 Å². The highest BCUT2D eigenvalue weighted by atomic mass is 35.5. The average molecular weight is 569 g/mol. The highest BCUT2D eigenvalue weighted by Crippen LogP contribution is 2.71. The first-order valence-corrected chi connectivity index (χ1v) is 15.2. The van der Waals surface area contributed by atoms with E-state index in [1.165, 1.54) is 36.4 Å². The molecule has 14 nitrogen and oxygen atoms in total. The van der Waals surface area contributed by atoms with Crippen molar-refractivity contribution in [3.05, 3.63) is 64.7 Å². The lowest BCUT2D eigenvalue weighted by atomic mass is 10.2. The summed E-state index contributed by atoms with van der Waals surface area (Å²) >= 11 is 5.56. The van der Waals surface area contributed by atoms with Crippen molar-refractivity contribution in [3.8, 4) is 0 Å². The van der Waals surface area contributed by atoms with Gasteiger partial charge in [-0.3, -0.25) is 18.3 Å². The van der Waals surface area contributed by atoms with Gasteiger partial charge in [-0.1, -0.05) is 35.9 Å². The third-order valence-corrected chi connectivity index (χ3v) is 11.8. The summed E-state index contributed by atoms with van der Waals surface area (Å²) < 4.78 is 44.5. The van der Waals surface area contributed by atoms with Crippen LogP contribution in [0.25, 0.3) is 0 Å². The molecule has 186 valence electrons. The predicted molar refractivity (Wildman–Crippen MR) is 119 cm³/mol. The minimum atomic E-state index is -5.27. The van der Waals surface area contributed by atoms with Gasteiger partial charge in [-0.15, -0.1) is 0 Å². The Morgan fingerprint density at radius 2 is 1.06 bits per heavy atom. The molecule has 0 bridgehead atoms. The normalized spacial score (nSPS) is 13.4. The predicted octanol–water partition coefficient (Wildman–Crippen LogP) is 1.39. The van der Waals surface area contributed by atoms with Crippen LogP contribution >= 0.6 is 42.0 Å². The van der Waals surface area contributed by atoms with Gasteiger partial charge in [0.2, 0.25) is 5.02 Å². The third kappa shape index (κ3) is 7.53. The summed E-state index contributed by atoms with van der Waals surface area (Å²) in [4.78, 5) is 71.9. The maximum Gasteiger partial charge on any atom is 0.362 e. The first-order valence-electron chi connectivity index (χ1n) is 8.24. The van der Waals surface area contributed by atoms with Gasteiger partial charge in [0.25, 0.3) is 0 Å². The molecule has 0 aliphatic carbocycles. The molecular weight excluding hydrogens is 548 g/mol. The number of nitrogens with two attached hydrogens (primary N) is 2. The highest BCUT2D eigenvalue weighted by Gasteiger charge is 2.58. The van der Waals surface area contributed by atoms with Crippen LogP contribution in [-0.2, 0) is 23.3 Å². The molecule has 0 saturated carbocycles. The smallest absolute Gasteiger partial charge is 0.362 e. The number of halogens is 1. The van der Waals surface area contributed by atoms with Gasteiger partial charge in [0.05, 0.1) is 0 Å². The second-order valence-electron chi connectivity index (χ2n) is 6.54. The number of rotatable bonds is 6. The lowest BCUT2D eigenvalue weighted by molar-refractivity contribution is 0.309. The van der Waals surface area contributed by atoms with Crippen LogP contribution in [0.3, 0.4) is 0 Å². The van der Waals surface area contributed by atoms with Crippen molar-refractivity contribution in [1.29, 1.82) is 0 Å². The largest absolute Gasteiger partial charge is 0.399 e.